The first-order chi connectivity index (χ1) is 19.1. The summed E-state index contributed by atoms with van der Waals surface area (Å²) in [5, 5.41) is 3.52. The SMILES string of the molecule is CCNC(=O)[C@H](Cc1ccccc1)N(Cc1c(Cl)cccc1Cl)C(=O)CCCN1C(=O)c2ccccc2S1(=O)=O. The lowest BCUT2D eigenvalue weighted by molar-refractivity contribution is -0.141. The molecule has 0 spiro atoms. The van der Waals surface area contributed by atoms with Gasteiger partial charge in [0, 0.05) is 48.1 Å². The number of benzene rings is 3. The number of halogens is 2. The summed E-state index contributed by atoms with van der Waals surface area (Å²) >= 11 is 12.9. The van der Waals surface area contributed by atoms with Crippen molar-refractivity contribution in [2.24, 2.45) is 0 Å². The molecule has 8 nitrogen and oxygen atoms in total. The quantitative estimate of drug-likeness (QED) is 0.343. The highest BCUT2D eigenvalue weighted by molar-refractivity contribution is 7.90. The third-order valence-electron chi connectivity index (χ3n) is 6.68. The lowest BCUT2D eigenvalue weighted by Gasteiger charge is -2.32. The van der Waals surface area contributed by atoms with E-state index in [1.165, 1.54) is 17.0 Å². The van der Waals surface area contributed by atoms with Crippen LogP contribution in [0.15, 0.2) is 77.7 Å². The Balaban J connectivity index is 1.59. The van der Waals surface area contributed by atoms with E-state index in [-0.39, 0.29) is 48.7 Å². The van der Waals surface area contributed by atoms with Gasteiger partial charge in [0.05, 0.1) is 5.56 Å². The van der Waals surface area contributed by atoms with Crippen LogP contribution in [-0.4, -0.2) is 54.5 Å². The fraction of sp³-hybridized carbons (Fsp3) is 0.276. The summed E-state index contributed by atoms with van der Waals surface area (Å²) in [7, 11) is -3.99. The van der Waals surface area contributed by atoms with E-state index in [9.17, 15) is 22.8 Å². The number of nitrogens with zero attached hydrogens (tertiary/aromatic N) is 2. The molecule has 40 heavy (non-hydrogen) atoms. The van der Waals surface area contributed by atoms with E-state index >= 15 is 0 Å². The van der Waals surface area contributed by atoms with Crippen molar-refractivity contribution in [1.82, 2.24) is 14.5 Å². The second-order valence-corrected chi connectivity index (χ2v) is 11.9. The summed E-state index contributed by atoms with van der Waals surface area (Å²) in [6.07, 6.45) is 0.204. The minimum Gasteiger partial charge on any atom is -0.355 e. The molecule has 0 aromatic heterocycles. The number of likely N-dealkylation sites (N-methyl/N-ethyl adjacent to an activating group) is 1. The Kier molecular flexibility index (Phi) is 9.50. The van der Waals surface area contributed by atoms with Crippen LogP contribution in [0.2, 0.25) is 10.0 Å². The van der Waals surface area contributed by atoms with E-state index in [2.05, 4.69) is 5.32 Å². The first-order valence-corrected chi connectivity index (χ1v) is 15.0. The number of hydrogen-bond acceptors (Lipinski definition) is 5. The number of rotatable bonds is 11. The largest absolute Gasteiger partial charge is 0.355 e. The number of amides is 3. The molecule has 1 aliphatic rings. The highest BCUT2D eigenvalue weighted by Crippen LogP contribution is 2.31. The van der Waals surface area contributed by atoms with Crippen molar-refractivity contribution in [2.45, 2.75) is 43.7 Å². The van der Waals surface area contributed by atoms with E-state index in [1.54, 1.807) is 37.3 Å². The van der Waals surface area contributed by atoms with Gasteiger partial charge in [0.2, 0.25) is 11.8 Å². The molecule has 0 bridgehead atoms. The summed E-state index contributed by atoms with van der Waals surface area (Å²) < 4.78 is 26.6. The van der Waals surface area contributed by atoms with Crippen LogP contribution in [0.3, 0.4) is 0 Å². The molecule has 1 aliphatic heterocycles. The van der Waals surface area contributed by atoms with Gasteiger partial charge in [0.25, 0.3) is 15.9 Å². The molecule has 1 heterocycles. The molecule has 0 aliphatic carbocycles. The molecule has 0 unspecified atom stereocenters. The number of nitrogens with one attached hydrogen (secondary N) is 1. The van der Waals surface area contributed by atoms with Gasteiger partial charge < -0.3 is 10.2 Å². The summed E-state index contributed by atoms with van der Waals surface area (Å²) in [6, 6.07) is 19.5. The molecule has 11 heteroatoms. The lowest BCUT2D eigenvalue weighted by Crippen LogP contribution is -2.50. The van der Waals surface area contributed by atoms with Crippen LogP contribution >= 0.6 is 23.2 Å². The first kappa shape index (κ1) is 29.6. The standard InChI is InChI=1S/C29H29Cl2N3O5S/c1-2-32-28(36)25(18-20-10-4-3-5-11-20)33(19-22-23(30)13-8-14-24(22)31)27(35)16-9-17-34-29(37)21-12-6-7-15-26(21)40(34,38)39/h3-8,10-15,25H,2,9,16-19H2,1H3,(H,32,36)/t25-/m0/s1. The number of carbonyl (C=O) groups is 3. The molecule has 1 atom stereocenters. The maximum absolute atomic E-state index is 13.8. The summed E-state index contributed by atoms with van der Waals surface area (Å²) in [6.45, 7) is 1.96. The van der Waals surface area contributed by atoms with Crippen molar-refractivity contribution in [2.75, 3.05) is 13.1 Å². The molecule has 0 radical (unpaired) electrons. The van der Waals surface area contributed by atoms with E-state index in [0.29, 0.717) is 22.2 Å². The van der Waals surface area contributed by atoms with E-state index < -0.39 is 27.9 Å². The fourth-order valence-corrected chi connectivity index (χ4v) is 6.79. The molecular weight excluding hydrogens is 573 g/mol. The Morgan fingerprint density at radius 2 is 1.60 bits per heavy atom. The minimum absolute atomic E-state index is 0.0294. The molecule has 210 valence electrons. The Labute approximate surface area is 243 Å². The Hall–Kier alpha value is -3.40. The highest BCUT2D eigenvalue weighted by atomic mass is 35.5. The molecular formula is C29H29Cl2N3O5S. The van der Waals surface area contributed by atoms with Crippen LogP contribution in [0.4, 0.5) is 0 Å². The summed E-state index contributed by atoms with van der Waals surface area (Å²) in [5.41, 5.74) is 1.46. The zero-order chi connectivity index (χ0) is 28.9. The fourth-order valence-electron chi connectivity index (χ4n) is 4.67. The molecule has 3 amide bonds. The van der Waals surface area contributed by atoms with Gasteiger partial charge in [0.1, 0.15) is 10.9 Å². The highest BCUT2D eigenvalue weighted by Gasteiger charge is 2.40. The van der Waals surface area contributed by atoms with Crippen molar-refractivity contribution in [3.63, 3.8) is 0 Å². The van der Waals surface area contributed by atoms with Crippen molar-refractivity contribution in [3.05, 3.63) is 99.5 Å². The van der Waals surface area contributed by atoms with Crippen molar-refractivity contribution >= 4 is 50.9 Å². The maximum Gasteiger partial charge on any atom is 0.269 e. The summed E-state index contributed by atoms with van der Waals surface area (Å²) in [5.74, 6) is -1.35. The maximum atomic E-state index is 13.8. The third-order valence-corrected chi connectivity index (χ3v) is 9.22. The van der Waals surface area contributed by atoms with Crippen LogP contribution in [0.5, 0.6) is 0 Å². The predicted molar refractivity (Wildman–Crippen MR) is 154 cm³/mol. The van der Waals surface area contributed by atoms with Crippen LogP contribution in [0.1, 0.15) is 41.3 Å². The second-order valence-electron chi connectivity index (χ2n) is 9.30. The molecule has 4 rings (SSSR count). The van der Waals surface area contributed by atoms with E-state index in [1.807, 2.05) is 30.3 Å². The van der Waals surface area contributed by atoms with Gasteiger partial charge in [-0.3, -0.25) is 14.4 Å². The van der Waals surface area contributed by atoms with Crippen molar-refractivity contribution < 1.29 is 22.8 Å². The molecule has 1 N–H and O–H groups in total. The normalized spacial score (nSPS) is 14.5. The number of carbonyl (C=O) groups excluding carboxylic acids is 3. The van der Waals surface area contributed by atoms with Crippen LogP contribution in [-0.2, 0) is 32.6 Å². The van der Waals surface area contributed by atoms with Gasteiger partial charge in [-0.15, -0.1) is 0 Å². The average Bonchev–Trinajstić information content (AvgIpc) is 3.13. The van der Waals surface area contributed by atoms with Crippen LogP contribution in [0.25, 0.3) is 0 Å². The van der Waals surface area contributed by atoms with Crippen LogP contribution < -0.4 is 5.32 Å². The minimum atomic E-state index is -3.99. The van der Waals surface area contributed by atoms with Gasteiger partial charge in [-0.1, -0.05) is 71.7 Å². The van der Waals surface area contributed by atoms with Gasteiger partial charge in [-0.25, -0.2) is 12.7 Å². The summed E-state index contributed by atoms with van der Waals surface area (Å²) in [4.78, 5) is 41.2. The zero-order valence-corrected chi connectivity index (χ0v) is 24.2. The van der Waals surface area contributed by atoms with Gasteiger partial charge in [-0.2, -0.15) is 0 Å². The third kappa shape index (κ3) is 6.32. The Morgan fingerprint density at radius 1 is 0.950 bits per heavy atom. The topological polar surface area (TPSA) is 104 Å². The second kappa shape index (κ2) is 12.8. The van der Waals surface area contributed by atoms with Crippen molar-refractivity contribution in [1.29, 1.82) is 0 Å². The van der Waals surface area contributed by atoms with Gasteiger partial charge in [0.15, 0.2) is 0 Å². The Bertz CT molecular complexity index is 1490. The Morgan fingerprint density at radius 3 is 2.25 bits per heavy atom. The molecule has 3 aromatic carbocycles. The van der Waals surface area contributed by atoms with Crippen molar-refractivity contribution in [3.8, 4) is 0 Å². The number of sulfonamides is 1. The molecule has 3 aromatic rings. The van der Waals surface area contributed by atoms with E-state index in [4.69, 9.17) is 23.2 Å². The monoisotopic (exact) mass is 601 g/mol. The van der Waals surface area contributed by atoms with Crippen LogP contribution in [0, 0.1) is 0 Å². The lowest BCUT2D eigenvalue weighted by atomic mass is 10.0. The average molecular weight is 603 g/mol. The number of fused-ring (bicyclic) bond motifs is 1. The first-order valence-electron chi connectivity index (χ1n) is 12.8. The zero-order valence-electron chi connectivity index (χ0n) is 21.8. The molecule has 0 saturated carbocycles. The van der Waals surface area contributed by atoms with Gasteiger partial charge in [-0.05, 0) is 43.2 Å². The van der Waals surface area contributed by atoms with Gasteiger partial charge >= 0.3 is 0 Å². The van der Waals surface area contributed by atoms with E-state index in [0.717, 1.165) is 9.87 Å². The smallest absolute Gasteiger partial charge is 0.269 e. The number of hydrogen-bond donors (Lipinski definition) is 1. The predicted octanol–water partition coefficient (Wildman–Crippen LogP) is 4.69. The molecule has 0 saturated heterocycles. The molecule has 0 fully saturated rings.